The fraction of sp³-hybridized carbons (Fsp3) is 0.429. The first kappa shape index (κ1) is 30.4. The number of carbonyl (C=O) groups excluding carboxylic acids is 4. The minimum Gasteiger partial charge on any atom is -0.443 e. The number of amides is 5. The third-order valence-corrected chi connectivity index (χ3v) is 6.40. The second-order valence-electron chi connectivity index (χ2n) is 10.4. The number of hydrogen-bond acceptors (Lipinski definition) is 6. The van der Waals surface area contributed by atoms with Crippen LogP contribution >= 0.6 is 0 Å². The Hall–Kier alpha value is -4.19. The molecule has 40 heavy (non-hydrogen) atoms. The Morgan fingerprint density at radius 3 is 2.42 bits per heavy atom. The summed E-state index contributed by atoms with van der Waals surface area (Å²) >= 11 is 0. The van der Waals surface area contributed by atoms with Gasteiger partial charge < -0.3 is 19.9 Å². The number of H-pyrrole nitrogens is 1. The van der Waals surface area contributed by atoms with Crippen molar-refractivity contribution < 1.29 is 28.3 Å². The number of fused-ring (bicyclic) bond motifs is 1. The van der Waals surface area contributed by atoms with E-state index in [9.17, 15) is 23.6 Å². The molecule has 5 amide bonds. The largest absolute Gasteiger partial charge is 0.443 e. The number of carbonyl (C=O) groups is 4. The number of nitrogens with one attached hydrogen (secondary N) is 4. The van der Waals surface area contributed by atoms with Gasteiger partial charge in [0.1, 0.15) is 11.4 Å². The van der Waals surface area contributed by atoms with Crippen LogP contribution in [0.3, 0.4) is 0 Å². The van der Waals surface area contributed by atoms with Crippen molar-refractivity contribution in [1.82, 2.24) is 26.1 Å². The third kappa shape index (κ3) is 6.87. The van der Waals surface area contributed by atoms with Crippen LogP contribution in [0.4, 0.5) is 19.7 Å². The van der Waals surface area contributed by atoms with Crippen molar-refractivity contribution in [2.24, 2.45) is 0 Å². The Morgan fingerprint density at radius 2 is 1.80 bits per heavy atom. The summed E-state index contributed by atoms with van der Waals surface area (Å²) in [5.41, 5.74) is 5.95. The number of aromatic amines is 1. The molecule has 2 heterocycles. The molecule has 12 heteroatoms. The van der Waals surface area contributed by atoms with Crippen molar-refractivity contribution in [2.75, 3.05) is 31.1 Å². The standard InChI is InChI=1S/C28H37FN6O5/c1-8-34(9-2)13-12-30-24(36)23-16(3)21(31-17(23)4)15-20-19-14-18(29)10-11-22(19)35(25(20)37)26(38)32-33-27(39)40-28(5,6)7/h10-11,14-15,31H,8-9,12-13H2,1-7H3,(H,30,36)(H,32,38)(H,33,39). The van der Waals surface area contributed by atoms with Gasteiger partial charge in [-0.25, -0.2) is 29.7 Å². The lowest BCUT2D eigenvalue weighted by atomic mass is 10.0. The zero-order valence-electron chi connectivity index (χ0n) is 24.0. The summed E-state index contributed by atoms with van der Waals surface area (Å²) in [4.78, 5) is 57.4. The number of imide groups is 1. The van der Waals surface area contributed by atoms with Gasteiger partial charge in [0.15, 0.2) is 0 Å². The molecular weight excluding hydrogens is 519 g/mol. The maximum Gasteiger partial charge on any atom is 0.426 e. The SMILES string of the molecule is CCN(CC)CCNC(=O)c1c(C)[nH]c(C=C2C(=O)N(C(=O)NNC(=O)OC(C)(C)C)c3ccc(F)cc32)c1C. The first-order valence-corrected chi connectivity index (χ1v) is 13.1. The molecule has 0 atom stereocenters. The Bertz CT molecular complexity index is 1340. The van der Waals surface area contributed by atoms with E-state index in [1.165, 1.54) is 12.1 Å². The van der Waals surface area contributed by atoms with Crippen molar-refractivity contribution in [3.05, 3.63) is 52.1 Å². The number of halogens is 1. The lowest BCUT2D eigenvalue weighted by molar-refractivity contribution is -0.112. The minimum absolute atomic E-state index is 0.0414. The fourth-order valence-electron chi connectivity index (χ4n) is 4.43. The second kappa shape index (κ2) is 12.3. The van der Waals surface area contributed by atoms with Crippen molar-refractivity contribution in [1.29, 1.82) is 0 Å². The van der Waals surface area contributed by atoms with Crippen LogP contribution in [0.1, 0.15) is 67.5 Å². The Morgan fingerprint density at radius 1 is 1.12 bits per heavy atom. The zero-order valence-corrected chi connectivity index (χ0v) is 24.0. The van der Waals surface area contributed by atoms with Crippen molar-refractivity contribution >= 4 is 41.3 Å². The molecule has 4 N–H and O–H groups in total. The molecule has 0 spiro atoms. The topological polar surface area (TPSA) is 136 Å². The molecule has 3 rings (SSSR count). The third-order valence-electron chi connectivity index (χ3n) is 6.40. The number of aromatic nitrogens is 1. The van der Waals surface area contributed by atoms with E-state index in [4.69, 9.17) is 4.74 Å². The van der Waals surface area contributed by atoms with Crippen molar-refractivity contribution in [3.8, 4) is 0 Å². The van der Waals surface area contributed by atoms with E-state index in [1.54, 1.807) is 34.6 Å². The highest BCUT2D eigenvalue weighted by Gasteiger charge is 2.38. The smallest absolute Gasteiger partial charge is 0.426 e. The van der Waals surface area contributed by atoms with Gasteiger partial charge >= 0.3 is 12.1 Å². The minimum atomic E-state index is -0.959. The van der Waals surface area contributed by atoms with E-state index in [0.717, 1.165) is 36.7 Å². The van der Waals surface area contributed by atoms with Crippen LogP contribution < -0.4 is 21.1 Å². The molecule has 1 aromatic heterocycles. The maximum atomic E-state index is 14.2. The van der Waals surface area contributed by atoms with Gasteiger partial charge in [0.25, 0.3) is 11.8 Å². The summed E-state index contributed by atoms with van der Waals surface area (Å²) in [6, 6.07) is 2.62. The predicted molar refractivity (Wildman–Crippen MR) is 150 cm³/mol. The molecule has 0 saturated carbocycles. The fourth-order valence-corrected chi connectivity index (χ4v) is 4.43. The Kier molecular flexibility index (Phi) is 9.36. The van der Waals surface area contributed by atoms with Crippen LogP contribution in [0, 0.1) is 19.7 Å². The first-order chi connectivity index (χ1) is 18.8. The van der Waals surface area contributed by atoms with Gasteiger partial charge in [0, 0.05) is 30.0 Å². The summed E-state index contributed by atoms with van der Waals surface area (Å²) in [5, 5.41) is 2.93. The van der Waals surface area contributed by atoms with E-state index in [0.29, 0.717) is 29.1 Å². The molecule has 1 aliphatic heterocycles. The number of rotatable bonds is 7. The van der Waals surface area contributed by atoms with Gasteiger partial charge in [0.2, 0.25) is 0 Å². The lowest BCUT2D eigenvalue weighted by Crippen LogP contribution is -2.51. The average Bonchev–Trinajstić information content (AvgIpc) is 3.30. The quantitative estimate of drug-likeness (QED) is 0.302. The normalized spacial score (nSPS) is 14.0. The molecule has 0 bridgehead atoms. The van der Waals surface area contributed by atoms with Gasteiger partial charge in [-0.1, -0.05) is 13.8 Å². The van der Waals surface area contributed by atoms with Crippen LogP contribution in [-0.2, 0) is 9.53 Å². The average molecular weight is 557 g/mol. The van der Waals surface area contributed by atoms with Gasteiger partial charge in [0.05, 0.1) is 16.8 Å². The molecular formula is C28H37FN6O5. The predicted octanol–water partition coefficient (Wildman–Crippen LogP) is 3.88. The molecule has 1 aromatic carbocycles. The van der Waals surface area contributed by atoms with Crippen LogP contribution in [0.5, 0.6) is 0 Å². The molecule has 1 aliphatic rings. The van der Waals surface area contributed by atoms with Gasteiger partial charge in [-0.3, -0.25) is 9.59 Å². The number of nitrogens with zero attached hydrogens (tertiary/aromatic N) is 2. The number of benzene rings is 1. The highest BCUT2D eigenvalue weighted by atomic mass is 19.1. The van der Waals surface area contributed by atoms with E-state index in [1.807, 2.05) is 0 Å². The highest BCUT2D eigenvalue weighted by molar-refractivity contribution is 6.42. The number of ether oxygens (including phenoxy) is 1. The van der Waals surface area contributed by atoms with Gasteiger partial charge in [-0.15, -0.1) is 0 Å². The monoisotopic (exact) mass is 556 g/mol. The molecule has 0 unspecified atom stereocenters. The first-order valence-electron chi connectivity index (χ1n) is 13.1. The summed E-state index contributed by atoms with van der Waals surface area (Å²) in [6.07, 6.45) is 0.576. The summed E-state index contributed by atoms with van der Waals surface area (Å²) in [6.45, 7) is 15.6. The number of anilines is 1. The molecule has 0 fully saturated rings. The second-order valence-corrected chi connectivity index (χ2v) is 10.4. The number of aryl methyl sites for hydroxylation is 1. The summed E-state index contributed by atoms with van der Waals surface area (Å²) in [5.74, 6) is -1.58. The maximum absolute atomic E-state index is 14.2. The zero-order chi connectivity index (χ0) is 29.8. The van der Waals surface area contributed by atoms with E-state index < -0.39 is 29.4 Å². The molecule has 0 radical (unpaired) electrons. The number of hydrazine groups is 1. The molecule has 216 valence electrons. The molecule has 0 saturated heterocycles. The summed E-state index contributed by atoms with van der Waals surface area (Å²) < 4.78 is 19.3. The lowest BCUT2D eigenvalue weighted by Gasteiger charge is -2.21. The van der Waals surface area contributed by atoms with Crippen LogP contribution in [0.2, 0.25) is 0 Å². The highest BCUT2D eigenvalue weighted by Crippen LogP contribution is 2.38. The van der Waals surface area contributed by atoms with Crippen LogP contribution in [-0.4, -0.2) is 65.6 Å². The van der Waals surface area contributed by atoms with Gasteiger partial charge in [-0.05, 0) is 77.5 Å². The Balaban J connectivity index is 1.87. The summed E-state index contributed by atoms with van der Waals surface area (Å²) in [7, 11) is 0. The van der Waals surface area contributed by atoms with Gasteiger partial charge in [-0.2, -0.15) is 0 Å². The van der Waals surface area contributed by atoms with E-state index in [-0.39, 0.29) is 22.7 Å². The van der Waals surface area contributed by atoms with Crippen LogP contribution in [0.15, 0.2) is 18.2 Å². The van der Waals surface area contributed by atoms with Crippen molar-refractivity contribution in [3.63, 3.8) is 0 Å². The Labute approximate surface area is 233 Å². The van der Waals surface area contributed by atoms with Crippen LogP contribution in [0.25, 0.3) is 11.6 Å². The molecule has 0 aliphatic carbocycles. The molecule has 11 nitrogen and oxygen atoms in total. The number of likely N-dealkylation sites (N-methyl/N-ethyl adjacent to an activating group) is 1. The van der Waals surface area contributed by atoms with Crippen molar-refractivity contribution in [2.45, 2.75) is 54.1 Å². The number of urea groups is 1. The number of hydrogen-bond donors (Lipinski definition) is 4. The molecule has 2 aromatic rings. The van der Waals surface area contributed by atoms with E-state index in [2.05, 4.69) is 39.9 Å². The van der Waals surface area contributed by atoms with E-state index >= 15 is 0 Å².